The van der Waals surface area contributed by atoms with Gasteiger partial charge in [-0.25, -0.2) is 4.79 Å². The Kier molecular flexibility index (Phi) is 13.0. The van der Waals surface area contributed by atoms with Crippen molar-refractivity contribution in [1.82, 2.24) is 16.0 Å². The minimum atomic E-state index is -2.44. The third-order valence-electron chi connectivity index (χ3n) is 6.42. The molecule has 226 valence electrons. The fraction of sp³-hybridized carbons (Fsp3) is 0.500. The smallest absolute Gasteiger partial charge is 0.408 e. The van der Waals surface area contributed by atoms with E-state index in [0.29, 0.717) is 12.0 Å². The molecule has 3 atom stereocenters. The van der Waals surface area contributed by atoms with E-state index in [0.717, 1.165) is 5.56 Å². The third kappa shape index (κ3) is 11.8. The lowest BCUT2D eigenvalue weighted by atomic mass is 9.96. The van der Waals surface area contributed by atoms with Crippen LogP contribution in [0.3, 0.4) is 0 Å². The van der Waals surface area contributed by atoms with Gasteiger partial charge in [-0.05, 0) is 54.4 Å². The highest BCUT2D eigenvalue weighted by molar-refractivity contribution is 5.91. The zero-order valence-electron chi connectivity index (χ0n) is 24.2. The summed E-state index contributed by atoms with van der Waals surface area (Å²) in [6.07, 6.45) is -0.205. The number of aromatic hydroxyl groups is 1. The Hall–Kier alpha value is -3.67. The maximum Gasteiger partial charge on any atom is 0.408 e. The van der Waals surface area contributed by atoms with Gasteiger partial charge < -0.3 is 41.7 Å². The minimum Gasteiger partial charge on any atom is -0.508 e. The van der Waals surface area contributed by atoms with Gasteiger partial charge in [0.05, 0.1) is 6.04 Å². The van der Waals surface area contributed by atoms with Crippen molar-refractivity contribution in [3.63, 3.8) is 0 Å². The number of benzene rings is 2. The second-order valence-corrected chi connectivity index (χ2v) is 11.1. The Morgan fingerprint density at radius 2 is 1.34 bits per heavy atom. The first-order valence-electron chi connectivity index (χ1n) is 13.8. The Balaban J connectivity index is 2.15. The van der Waals surface area contributed by atoms with Gasteiger partial charge in [0.15, 0.2) is 5.79 Å². The fourth-order valence-electron chi connectivity index (χ4n) is 4.20. The van der Waals surface area contributed by atoms with Crippen LogP contribution in [0.4, 0.5) is 4.79 Å². The molecule has 11 heteroatoms. The summed E-state index contributed by atoms with van der Waals surface area (Å²) in [6.45, 7) is 7.05. The Labute approximate surface area is 241 Å². The second-order valence-electron chi connectivity index (χ2n) is 11.1. The molecule has 8 N–H and O–H groups in total. The Morgan fingerprint density at radius 1 is 0.805 bits per heavy atom. The predicted molar refractivity (Wildman–Crippen MR) is 154 cm³/mol. The van der Waals surface area contributed by atoms with Crippen LogP contribution in [0.5, 0.6) is 5.75 Å². The topological polar surface area (TPSA) is 183 Å². The molecule has 0 aromatic heterocycles. The van der Waals surface area contributed by atoms with E-state index in [9.17, 15) is 29.7 Å². The van der Waals surface area contributed by atoms with Crippen LogP contribution < -0.4 is 21.7 Å². The van der Waals surface area contributed by atoms with Crippen LogP contribution in [0.1, 0.15) is 51.7 Å². The Morgan fingerprint density at radius 3 is 1.88 bits per heavy atom. The van der Waals surface area contributed by atoms with Crippen LogP contribution in [0, 0.1) is 11.8 Å². The molecule has 2 aromatic rings. The quantitative estimate of drug-likeness (QED) is 0.158. The number of phenols is 1. The van der Waals surface area contributed by atoms with Crippen LogP contribution in [0.15, 0.2) is 54.6 Å². The van der Waals surface area contributed by atoms with Crippen molar-refractivity contribution in [1.29, 1.82) is 0 Å². The molecule has 0 radical (unpaired) electrons. The van der Waals surface area contributed by atoms with E-state index in [4.69, 9.17) is 10.5 Å². The molecular weight excluding hydrogens is 528 g/mol. The average Bonchev–Trinajstić information content (AvgIpc) is 2.92. The molecule has 2 rings (SSSR count). The molecule has 0 unspecified atom stereocenters. The molecule has 11 nitrogen and oxygen atoms in total. The second kappa shape index (κ2) is 15.9. The molecule has 0 fully saturated rings. The molecule has 0 heterocycles. The van der Waals surface area contributed by atoms with E-state index in [1.54, 1.807) is 12.1 Å². The first kappa shape index (κ1) is 33.5. The number of nitrogens with two attached hydrogens (primary N) is 1. The van der Waals surface area contributed by atoms with Gasteiger partial charge in [0.1, 0.15) is 24.4 Å². The Bertz CT molecular complexity index is 1110. The highest BCUT2D eigenvalue weighted by Crippen LogP contribution is 2.17. The number of hydrogen-bond donors (Lipinski definition) is 7. The molecule has 0 saturated carbocycles. The summed E-state index contributed by atoms with van der Waals surface area (Å²) in [4.78, 5) is 39.3. The van der Waals surface area contributed by atoms with Gasteiger partial charge in [0.2, 0.25) is 11.8 Å². The van der Waals surface area contributed by atoms with Crippen LogP contribution in [0.25, 0.3) is 0 Å². The third-order valence-corrected chi connectivity index (χ3v) is 6.42. The predicted octanol–water partition coefficient (Wildman–Crippen LogP) is 1.93. The van der Waals surface area contributed by atoms with Gasteiger partial charge in [-0.1, -0.05) is 70.2 Å². The van der Waals surface area contributed by atoms with Crippen molar-refractivity contribution < 1.29 is 34.4 Å². The van der Waals surface area contributed by atoms with Crippen molar-refractivity contribution in [2.75, 3.05) is 6.54 Å². The molecular formula is C30H44N4O7. The van der Waals surface area contributed by atoms with Gasteiger partial charge in [0, 0.05) is 6.54 Å². The van der Waals surface area contributed by atoms with Gasteiger partial charge in [0.25, 0.3) is 0 Å². The standard InChI is InChI=1S/C30H44N4O7/c1-19(2)14-24(28(37)34-26(30(39,40)18-31)16-21-10-12-23(35)13-11-21)32-27(36)25(15-20(3)4)33-29(38)41-17-22-8-6-5-7-9-22/h5-13,19-20,24-26,35,39-40H,14-18,31H2,1-4H3,(H,32,36)(H,33,38)(H,34,37)/t24-,25-,26-/m0/s1. The molecule has 0 spiro atoms. The van der Waals surface area contributed by atoms with Gasteiger partial charge >= 0.3 is 6.09 Å². The number of alkyl carbamates (subject to hydrolysis) is 1. The van der Waals surface area contributed by atoms with Crippen LogP contribution in [-0.2, 0) is 27.4 Å². The highest BCUT2D eigenvalue weighted by Gasteiger charge is 2.37. The molecule has 0 aliphatic rings. The van der Waals surface area contributed by atoms with E-state index in [-0.39, 0.29) is 37.0 Å². The van der Waals surface area contributed by atoms with E-state index < -0.39 is 48.4 Å². The van der Waals surface area contributed by atoms with Crippen LogP contribution in [-0.4, -0.2) is 63.7 Å². The maximum absolute atomic E-state index is 13.4. The lowest BCUT2D eigenvalue weighted by Crippen LogP contribution is -2.61. The monoisotopic (exact) mass is 572 g/mol. The molecule has 2 aromatic carbocycles. The molecule has 3 amide bonds. The summed E-state index contributed by atoms with van der Waals surface area (Å²) in [5.74, 6) is -3.56. The zero-order valence-corrected chi connectivity index (χ0v) is 24.2. The number of nitrogens with one attached hydrogen (secondary N) is 3. The first-order chi connectivity index (χ1) is 19.3. The highest BCUT2D eigenvalue weighted by atomic mass is 16.5. The van der Waals surface area contributed by atoms with Crippen LogP contribution >= 0.6 is 0 Å². The van der Waals surface area contributed by atoms with Crippen molar-refractivity contribution in [3.8, 4) is 5.75 Å². The van der Waals surface area contributed by atoms with E-state index in [2.05, 4.69) is 16.0 Å². The number of aliphatic hydroxyl groups is 2. The summed E-state index contributed by atoms with van der Waals surface area (Å²) in [5, 5.41) is 38.6. The van der Waals surface area contributed by atoms with Crippen molar-refractivity contribution in [2.24, 2.45) is 17.6 Å². The largest absolute Gasteiger partial charge is 0.508 e. The van der Waals surface area contributed by atoms with E-state index in [1.807, 2.05) is 58.0 Å². The molecule has 0 saturated heterocycles. The van der Waals surface area contributed by atoms with Crippen molar-refractivity contribution in [2.45, 2.75) is 77.5 Å². The fourth-order valence-corrected chi connectivity index (χ4v) is 4.20. The molecule has 0 bridgehead atoms. The summed E-state index contributed by atoms with van der Waals surface area (Å²) >= 11 is 0. The number of ether oxygens (including phenoxy) is 1. The summed E-state index contributed by atoms with van der Waals surface area (Å²) in [6, 6.07) is 12.0. The van der Waals surface area contributed by atoms with E-state index >= 15 is 0 Å². The molecule has 0 aliphatic carbocycles. The molecule has 41 heavy (non-hydrogen) atoms. The summed E-state index contributed by atoms with van der Waals surface area (Å²) < 4.78 is 5.28. The van der Waals surface area contributed by atoms with Crippen molar-refractivity contribution in [3.05, 3.63) is 65.7 Å². The summed E-state index contributed by atoms with van der Waals surface area (Å²) in [7, 11) is 0. The van der Waals surface area contributed by atoms with Gasteiger partial charge in [-0.2, -0.15) is 0 Å². The van der Waals surface area contributed by atoms with Crippen LogP contribution in [0.2, 0.25) is 0 Å². The lowest BCUT2D eigenvalue weighted by Gasteiger charge is -2.33. The maximum atomic E-state index is 13.4. The van der Waals surface area contributed by atoms with Crippen molar-refractivity contribution >= 4 is 17.9 Å². The van der Waals surface area contributed by atoms with E-state index in [1.165, 1.54) is 12.1 Å². The normalized spacial score (nSPS) is 13.8. The minimum absolute atomic E-state index is 0.00328. The van der Waals surface area contributed by atoms with Gasteiger partial charge in [-0.3, -0.25) is 9.59 Å². The molecule has 0 aliphatic heterocycles. The first-order valence-corrected chi connectivity index (χ1v) is 13.8. The number of hydrogen-bond acceptors (Lipinski definition) is 8. The SMILES string of the molecule is CC(C)C[C@H](NC(=O)OCc1ccccc1)C(=O)N[C@@H](CC(C)C)C(=O)N[C@@H](Cc1ccc(O)cc1)C(O)(O)CN. The van der Waals surface area contributed by atoms with Gasteiger partial charge in [-0.15, -0.1) is 0 Å². The lowest BCUT2D eigenvalue weighted by molar-refractivity contribution is -0.177. The number of amides is 3. The number of phenolic OH excluding ortho intramolecular Hbond substituents is 1. The average molecular weight is 573 g/mol. The number of rotatable bonds is 15. The number of carbonyl (C=O) groups is 3. The summed E-state index contributed by atoms with van der Waals surface area (Å²) in [5.41, 5.74) is 6.99. The zero-order chi connectivity index (χ0) is 30.6. The number of carbonyl (C=O) groups excluding carboxylic acids is 3.